The minimum atomic E-state index is 0.0337. The van der Waals surface area contributed by atoms with Crippen LogP contribution < -0.4 is 9.64 Å². The fraction of sp³-hybridized carbons (Fsp3) is 0.438. The molecule has 1 saturated carbocycles. The van der Waals surface area contributed by atoms with Crippen LogP contribution in [0.5, 0.6) is 5.88 Å². The molecule has 1 aliphatic carbocycles. The number of pyridine rings is 1. The van der Waals surface area contributed by atoms with Crippen LogP contribution in [0.15, 0.2) is 42.9 Å². The lowest BCUT2D eigenvalue weighted by molar-refractivity contribution is -0.0322. The molecule has 0 spiro atoms. The predicted octanol–water partition coefficient (Wildman–Crippen LogP) is 1.69. The Morgan fingerprint density at radius 1 is 1.05 bits per heavy atom. The average molecular weight is 298 g/mol. The summed E-state index contributed by atoms with van der Waals surface area (Å²) >= 11 is 0. The van der Waals surface area contributed by atoms with Gasteiger partial charge >= 0.3 is 0 Å². The fourth-order valence-corrected chi connectivity index (χ4v) is 3.30. The monoisotopic (exact) mass is 298 g/mol. The number of hydrogen-bond acceptors (Lipinski definition) is 6. The second kappa shape index (κ2) is 5.88. The van der Waals surface area contributed by atoms with Crippen molar-refractivity contribution in [1.29, 1.82) is 0 Å². The molecule has 3 atom stereocenters. The Bertz CT molecular complexity index is 610. The molecular formula is C16H18N4O2. The van der Waals surface area contributed by atoms with Crippen molar-refractivity contribution in [3.63, 3.8) is 0 Å². The number of ether oxygens (including phenoxy) is 2. The van der Waals surface area contributed by atoms with Gasteiger partial charge in [-0.05, 0) is 25.0 Å². The molecule has 0 aromatic carbocycles. The van der Waals surface area contributed by atoms with Crippen molar-refractivity contribution >= 4 is 5.95 Å². The van der Waals surface area contributed by atoms with E-state index in [1.807, 2.05) is 24.3 Å². The van der Waals surface area contributed by atoms with Crippen LogP contribution in [0.2, 0.25) is 0 Å². The van der Waals surface area contributed by atoms with Crippen molar-refractivity contribution in [1.82, 2.24) is 15.0 Å². The molecule has 0 amide bonds. The topological polar surface area (TPSA) is 60.4 Å². The van der Waals surface area contributed by atoms with Crippen molar-refractivity contribution in [2.75, 3.05) is 18.1 Å². The van der Waals surface area contributed by atoms with Crippen molar-refractivity contribution in [3.05, 3.63) is 42.9 Å². The van der Waals surface area contributed by atoms with Crippen LogP contribution in [-0.2, 0) is 4.74 Å². The largest absolute Gasteiger partial charge is 0.471 e. The molecule has 3 heterocycles. The number of nitrogens with zero attached hydrogens (tertiary/aromatic N) is 4. The first kappa shape index (κ1) is 13.5. The SMILES string of the molecule is c1ccc(O[C@@H]2CC[C@@H]3[C@@H]2OCCN3c2ncccn2)nc1. The van der Waals surface area contributed by atoms with E-state index in [1.165, 1.54) is 0 Å². The first-order valence-electron chi connectivity index (χ1n) is 7.65. The van der Waals surface area contributed by atoms with Gasteiger partial charge in [0.05, 0.1) is 12.6 Å². The van der Waals surface area contributed by atoms with Crippen LogP contribution in [0.4, 0.5) is 5.95 Å². The summed E-state index contributed by atoms with van der Waals surface area (Å²) in [6.07, 6.45) is 7.35. The summed E-state index contributed by atoms with van der Waals surface area (Å²) in [6, 6.07) is 7.80. The average Bonchev–Trinajstić information content (AvgIpc) is 3.00. The van der Waals surface area contributed by atoms with Crippen LogP contribution in [-0.4, -0.2) is 46.4 Å². The zero-order chi connectivity index (χ0) is 14.8. The van der Waals surface area contributed by atoms with Crippen LogP contribution in [0.1, 0.15) is 12.8 Å². The Labute approximate surface area is 129 Å². The normalized spacial score (nSPS) is 27.5. The summed E-state index contributed by atoms with van der Waals surface area (Å²) in [5.74, 6) is 1.43. The number of aromatic nitrogens is 3. The number of fused-ring (bicyclic) bond motifs is 1. The van der Waals surface area contributed by atoms with E-state index in [4.69, 9.17) is 9.47 Å². The van der Waals surface area contributed by atoms with E-state index in [0.29, 0.717) is 12.5 Å². The second-order valence-electron chi connectivity index (χ2n) is 5.55. The minimum absolute atomic E-state index is 0.0337. The maximum atomic E-state index is 6.03. The van der Waals surface area contributed by atoms with E-state index >= 15 is 0 Å². The van der Waals surface area contributed by atoms with Crippen molar-refractivity contribution < 1.29 is 9.47 Å². The zero-order valence-corrected chi connectivity index (χ0v) is 12.2. The highest BCUT2D eigenvalue weighted by Crippen LogP contribution is 2.33. The van der Waals surface area contributed by atoms with Gasteiger partial charge in [0.2, 0.25) is 11.8 Å². The molecule has 2 aliphatic rings. The molecule has 1 saturated heterocycles. The van der Waals surface area contributed by atoms with Crippen LogP contribution in [0, 0.1) is 0 Å². The molecule has 0 N–H and O–H groups in total. The Morgan fingerprint density at radius 2 is 1.91 bits per heavy atom. The summed E-state index contributed by atoms with van der Waals surface area (Å²) in [6.45, 7) is 1.49. The van der Waals surface area contributed by atoms with Gasteiger partial charge in [-0.25, -0.2) is 15.0 Å². The summed E-state index contributed by atoms with van der Waals surface area (Å²) in [5.41, 5.74) is 0. The van der Waals surface area contributed by atoms with Crippen LogP contribution in [0.3, 0.4) is 0 Å². The molecule has 2 aromatic heterocycles. The molecule has 2 aromatic rings. The number of rotatable bonds is 3. The first-order chi connectivity index (χ1) is 10.9. The molecular weight excluding hydrogens is 280 g/mol. The van der Waals surface area contributed by atoms with E-state index in [9.17, 15) is 0 Å². The van der Waals surface area contributed by atoms with Gasteiger partial charge in [0, 0.05) is 31.2 Å². The van der Waals surface area contributed by atoms with Crippen LogP contribution in [0.25, 0.3) is 0 Å². The Morgan fingerprint density at radius 3 is 2.73 bits per heavy atom. The highest BCUT2D eigenvalue weighted by atomic mass is 16.5. The highest BCUT2D eigenvalue weighted by molar-refractivity contribution is 5.33. The summed E-state index contributed by atoms with van der Waals surface area (Å²) < 4.78 is 12.0. The number of morpholine rings is 1. The zero-order valence-electron chi connectivity index (χ0n) is 12.2. The molecule has 2 fully saturated rings. The van der Waals surface area contributed by atoms with Crippen molar-refractivity contribution in [2.24, 2.45) is 0 Å². The van der Waals surface area contributed by atoms with Crippen LogP contribution >= 0.6 is 0 Å². The number of anilines is 1. The van der Waals surface area contributed by atoms with E-state index in [2.05, 4.69) is 19.9 Å². The molecule has 0 bridgehead atoms. The molecule has 4 rings (SSSR count). The second-order valence-corrected chi connectivity index (χ2v) is 5.55. The Kier molecular flexibility index (Phi) is 3.60. The first-order valence-corrected chi connectivity index (χ1v) is 7.65. The lowest BCUT2D eigenvalue weighted by atomic mass is 10.1. The maximum absolute atomic E-state index is 6.03. The molecule has 0 unspecified atom stereocenters. The lowest BCUT2D eigenvalue weighted by Crippen LogP contribution is -2.53. The van der Waals surface area contributed by atoms with E-state index < -0.39 is 0 Å². The van der Waals surface area contributed by atoms with E-state index in [-0.39, 0.29) is 18.2 Å². The predicted molar refractivity (Wildman–Crippen MR) is 80.8 cm³/mol. The van der Waals surface area contributed by atoms with Gasteiger partial charge in [-0.2, -0.15) is 0 Å². The molecule has 114 valence electrons. The number of hydrogen-bond donors (Lipinski definition) is 0. The van der Waals surface area contributed by atoms with E-state index in [0.717, 1.165) is 25.3 Å². The fourth-order valence-electron chi connectivity index (χ4n) is 3.30. The smallest absolute Gasteiger partial charge is 0.225 e. The molecule has 22 heavy (non-hydrogen) atoms. The van der Waals surface area contributed by atoms with Gasteiger partial charge in [-0.15, -0.1) is 0 Å². The molecule has 0 radical (unpaired) electrons. The third-order valence-corrected chi connectivity index (χ3v) is 4.25. The molecule has 6 heteroatoms. The van der Waals surface area contributed by atoms with Gasteiger partial charge in [0.25, 0.3) is 0 Å². The van der Waals surface area contributed by atoms with Gasteiger partial charge in [0.15, 0.2) is 0 Å². The van der Waals surface area contributed by atoms with Gasteiger partial charge in [0.1, 0.15) is 12.2 Å². The quantitative estimate of drug-likeness (QED) is 0.859. The third kappa shape index (κ3) is 2.50. The molecule has 1 aliphatic heterocycles. The van der Waals surface area contributed by atoms with Gasteiger partial charge in [-0.1, -0.05) is 6.07 Å². The highest BCUT2D eigenvalue weighted by Gasteiger charge is 2.45. The van der Waals surface area contributed by atoms with E-state index in [1.54, 1.807) is 18.6 Å². The van der Waals surface area contributed by atoms with Crippen molar-refractivity contribution in [3.8, 4) is 5.88 Å². The van der Waals surface area contributed by atoms with Crippen molar-refractivity contribution in [2.45, 2.75) is 31.1 Å². The maximum Gasteiger partial charge on any atom is 0.225 e. The molecule has 6 nitrogen and oxygen atoms in total. The lowest BCUT2D eigenvalue weighted by Gasteiger charge is -2.38. The Balaban J connectivity index is 1.51. The summed E-state index contributed by atoms with van der Waals surface area (Å²) in [7, 11) is 0. The summed E-state index contributed by atoms with van der Waals surface area (Å²) in [4.78, 5) is 15.2. The summed E-state index contributed by atoms with van der Waals surface area (Å²) in [5, 5.41) is 0. The minimum Gasteiger partial charge on any atom is -0.471 e. The van der Waals surface area contributed by atoms with Gasteiger partial charge < -0.3 is 14.4 Å². The van der Waals surface area contributed by atoms with Gasteiger partial charge in [-0.3, -0.25) is 0 Å². The third-order valence-electron chi connectivity index (χ3n) is 4.25. The Hall–Kier alpha value is -2.21. The standard InChI is InChI=1S/C16H18N4O2/c1-2-7-17-14(4-1)22-13-6-5-12-15(13)21-11-10-20(12)16-18-8-3-9-19-16/h1-4,7-9,12-13,15H,5-6,10-11H2/t12-,13-,15+/m1/s1.